The van der Waals surface area contributed by atoms with E-state index in [1.807, 2.05) is 31.2 Å². The molecular weight excluding hydrogens is 292 g/mol. The number of urea groups is 1. The van der Waals surface area contributed by atoms with Gasteiger partial charge in [0.1, 0.15) is 5.75 Å². The van der Waals surface area contributed by atoms with Gasteiger partial charge >= 0.3 is 6.03 Å². The predicted molar refractivity (Wildman–Crippen MR) is 91.9 cm³/mol. The molecule has 23 heavy (non-hydrogen) atoms. The molecule has 2 rings (SSSR count). The minimum atomic E-state index is -0.887. The molecule has 0 aliphatic carbocycles. The molecule has 2 N–H and O–H groups in total. The van der Waals surface area contributed by atoms with E-state index in [2.05, 4.69) is 12.2 Å². The molecule has 128 valence electrons. The Labute approximate surface area is 138 Å². The van der Waals surface area contributed by atoms with Gasteiger partial charge in [0.05, 0.1) is 17.7 Å². The molecule has 2 atom stereocenters. The van der Waals surface area contributed by atoms with Gasteiger partial charge in [0.15, 0.2) is 0 Å². The van der Waals surface area contributed by atoms with Crippen molar-refractivity contribution in [3.8, 4) is 5.75 Å². The van der Waals surface area contributed by atoms with Crippen LogP contribution in [0.1, 0.15) is 47.0 Å². The summed E-state index contributed by atoms with van der Waals surface area (Å²) in [6, 6.07) is 7.09. The maximum atomic E-state index is 12.5. The maximum Gasteiger partial charge on any atom is 0.322 e. The molecule has 1 fully saturated rings. The summed E-state index contributed by atoms with van der Waals surface area (Å²) < 4.78 is 5.73. The van der Waals surface area contributed by atoms with Crippen LogP contribution in [0, 0.1) is 0 Å². The lowest BCUT2D eigenvalue weighted by atomic mass is 9.97. The van der Waals surface area contributed by atoms with Crippen LogP contribution in [-0.2, 0) is 0 Å². The Morgan fingerprint density at radius 2 is 2.09 bits per heavy atom. The second-order valence-electron chi connectivity index (χ2n) is 6.80. The number of amides is 2. The number of carbonyl (C=O) groups is 1. The van der Waals surface area contributed by atoms with Crippen LogP contribution in [0.15, 0.2) is 24.3 Å². The number of ether oxygens (including phenoxy) is 1. The lowest BCUT2D eigenvalue weighted by molar-refractivity contribution is 0.0117. The van der Waals surface area contributed by atoms with Crippen LogP contribution in [0.3, 0.4) is 0 Å². The largest absolute Gasteiger partial charge is 0.491 e. The third-order valence-corrected chi connectivity index (χ3v) is 4.35. The molecule has 1 aliphatic heterocycles. The highest BCUT2D eigenvalue weighted by molar-refractivity contribution is 5.89. The molecule has 2 unspecified atom stereocenters. The molecule has 1 aliphatic rings. The number of aliphatic hydroxyl groups is 1. The summed E-state index contributed by atoms with van der Waals surface area (Å²) in [6.45, 7) is 8.29. The first-order valence-electron chi connectivity index (χ1n) is 8.38. The topological polar surface area (TPSA) is 61.8 Å². The first kappa shape index (κ1) is 17.6. The number of nitrogens with zero attached hydrogens (tertiary/aromatic N) is 1. The van der Waals surface area contributed by atoms with Crippen molar-refractivity contribution in [2.24, 2.45) is 0 Å². The predicted octanol–water partition coefficient (Wildman–Crippen LogP) is 3.63. The number of hydrogen-bond acceptors (Lipinski definition) is 3. The summed E-state index contributed by atoms with van der Waals surface area (Å²) in [5.74, 6) is 0.799. The van der Waals surface area contributed by atoms with E-state index in [-0.39, 0.29) is 18.2 Å². The average Bonchev–Trinajstić information content (AvgIpc) is 2.99. The van der Waals surface area contributed by atoms with Crippen molar-refractivity contribution in [2.45, 2.75) is 64.7 Å². The number of benzene rings is 1. The van der Waals surface area contributed by atoms with Gasteiger partial charge in [0.25, 0.3) is 0 Å². The van der Waals surface area contributed by atoms with Gasteiger partial charge < -0.3 is 20.1 Å². The Bertz CT molecular complexity index is 522. The van der Waals surface area contributed by atoms with Crippen molar-refractivity contribution < 1.29 is 14.6 Å². The van der Waals surface area contributed by atoms with E-state index < -0.39 is 5.60 Å². The molecule has 1 aromatic carbocycles. The molecule has 5 heteroatoms. The number of anilines is 1. The molecule has 1 aromatic rings. The van der Waals surface area contributed by atoms with Crippen molar-refractivity contribution in [1.82, 2.24) is 4.90 Å². The monoisotopic (exact) mass is 320 g/mol. The summed E-state index contributed by atoms with van der Waals surface area (Å²) in [5.41, 5.74) is -0.158. The highest BCUT2D eigenvalue weighted by atomic mass is 16.5. The van der Waals surface area contributed by atoms with Gasteiger partial charge in [0, 0.05) is 12.2 Å². The van der Waals surface area contributed by atoms with Crippen molar-refractivity contribution >= 4 is 11.7 Å². The number of likely N-dealkylation sites (tertiary alicyclic amines) is 1. The van der Waals surface area contributed by atoms with Gasteiger partial charge in [0.2, 0.25) is 0 Å². The first-order valence-corrected chi connectivity index (χ1v) is 8.38. The van der Waals surface area contributed by atoms with E-state index in [9.17, 15) is 9.90 Å². The van der Waals surface area contributed by atoms with Gasteiger partial charge in [-0.25, -0.2) is 4.79 Å². The van der Waals surface area contributed by atoms with Gasteiger partial charge in [-0.05, 0) is 64.3 Å². The molecule has 0 saturated carbocycles. The van der Waals surface area contributed by atoms with E-state index in [1.165, 1.54) is 0 Å². The maximum absolute atomic E-state index is 12.5. The van der Waals surface area contributed by atoms with Crippen LogP contribution >= 0.6 is 0 Å². The minimum absolute atomic E-state index is 0.143. The lowest BCUT2D eigenvalue weighted by Crippen LogP contribution is -2.49. The van der Waals surface area contributed by atoms with E-state index in [1.54, 1.807) is 18.7 Å². The summed E-state index contributed by atoms with van der Waals surface area (Å²) in [4.78, 5) is 14.2. The Kier molecular flexibility index (Phi) is 5.52. The minimum Gasteiger partial charge on any atom is -0.491 e. The number of hydrogen-bond donors (Lipinski definition) is 2. The molecule has 0 bridgehead atoms. The molecule has 0 aromatic heterocycles. The van der Waals surface area contributed by atoms with E-state index in [4.69, 9.17) is 4.74 Å². The van der Waals surface area contributed by atoms with E-state index in [0.29, 0.717) is 6.54 Å². The smallest absolute Gasteiger partial charge is 0.322 e. The molecule has 0 spiro atoms. The zero-order valence-electron chi connectivity index (χ0n) is 14.5. The van der Waals surface area contributed by atoms with Crippen LogP contribution in [0.5, 0.6) is 5.75 Å². The highest BCUT2D eigenvalue weighted by Crippen LogP contribution is 2.27. The Balaban J connectivity index is 1.97. The summed E-state index contributed by atoms with van der Waals surface area (Å²) in [7, 11) is 0. The molecule has 1 saturated heterocycles. The second kappa shape index (κ2) is 7.21. The quantitative estimate of drug-likeness (QED) is 0.871. The fourth-order valence-electron chi connectivity index (χ4n) is 2.87. The van der Waals surface area contributed by atoms with Gasteiger partial charge in [-0.15, -0.1) is 0 Å². The third-order valence-electron chi connectivity index (χ3n) is 4.35. The van der Waals surface area contributed by atoms with Crippen molar-refractivity contribution in [2.75, 3.05) is 11.9 Å². The standard InChI is InChI=1S/C18H28N2O3/c1-5-13(2)23-15-10-8-14(9-11-15)19-17(21)20-12-6-7-16(20)18(3,4)22/h8-11,13,16,22H,5-7,12H2,1-4H3,(H,19,21). The van der Waals surface area contributed by atoms with E-state index >= 15 is 0 Å². The van der Waals surface area contributed by atoms with Crippen LogP contribution in [0.4, 0.5) is 10.5 Å². The Morgan fingerprint density at radius 1 is 1.43 bits per heavy atom. The Morgan fingerprint density at radius 3 is 2.65 bits per heavy atom. The number of carbonyl (C=O) groups excluding carboxylic acids is 1. The SMILES string of the molecule is CCC(C)Oc1ccc(NC(=O)N2CCCC2C(C)(C)O)cc1. The first-order chi connectivity index (χ1) is 10.8. The Hall–Kier alpha value is -1.75. The van der Waals surface area contributed by atoms with Crippen LogP contribution < -0.4 is 10.1 Å². The summed E-state index contributed by atoms with van der Waals surface area (Å²) in [5, 5.41) is 13.1. The third kappa shape index (κ3) is 4.61. The second-order valence-corrected chi connectivity index (χ2v) is 6.80. The van der Waals surface area contributed by atoms with Crippen LogP contribution in [0.25, 0.3) is 0 Å². The lowest BCUT2D eigenvalue weighted by Gasteiger charge is -2.33. The number of rotatable bonds is 5. The highest BCUT2D eigenvalue weighted by Gasteiger charge is 2.38. The normalized spacial score (nSPS) is 19.5. The van der Waals surface area contributed by atoms with Crippen molar-refractivity contribution in [3.63, 3.8) is 0 Å². The molecule has 5 nitrogen and oxygen atoms in total. The molecule has 0 radical (unpaired) electrons. The zero-order valence-corrected chi connectivity index (χ0v) is 14.5. The fraction of sp³-hybridized carbons (Fsp3) is 0.611. The zero-order chi connectivity index (χ0) is 17.0. The summed E-state index contributed by atoms with van der Waals surface area (Å²) >= 11 is 0. The average molecular weight is 320 g/mol. The summed E-state index contributed by atoms with van der Waals surface area (Å²) in [6.07, 6.45) is 2.88. The molecule has 1 heterocycles. The van der Waals surface area contributed by atoms with Crippen LogP contribution in [-0.4, -0.2) is 40.3 Å². The number of nitrogens with one attached hydrogen (secondary N) is 1. The van der Waals surface area contributed by atoms with Crippen molar-refractivity contribution in [1.29, 1.82) is 0 Å². The van der Waals surface area contributed by atoms with E-state index in [0.717, 1.165) is 30.7 Å². The molecule has 2 amide bonds. The van der Waals surface area contributed by atoms with Gasteiger partial charge in [-0.1, -0.05) is 6.92 Å². The molecular formula is C18H28N2O3. The van der Waals surface area contributed by atoms with Crippen molar-refractivity contribution in [3.05, 3.63) is 24.3 Å². The van der Waals surface area contributed by atoms with Gasteiger partial charge in [-0.3, -0.25) is 0 Å². The van der Waals surface area contributed by atoms with Crippen LogP contribution in [0.2, 0.25) is 0 Å². The van der Waals surface area contributed by atoms with Gasteiger partial charge in [-0.2, -0.15) is 0 Å². The fourth-order valence-corrected chi connectivity index (χ4v) is 2.87.